The number of oxazole rings is 1. The van der Waals surface area contributed by atoms with Crippen LogP contribution in [-0.4, -0.2) is 26.7 Å². The van der Waals surface area contributed by atoms with Crippen molar-refractivity contribution in [1.82, 2.24) is 13.5 Å². The second-order valence-corrected chi connectivity index (χ2v) is 10.1. The van der Waals surface area contributed by atoms with Gasteiger partial charge in [0.15, 0.2) is 17.8 Å². The summed E-state index contributed by atoms with van der Waals surface area (Å²) in [6, 6.07) is 5.44. The monoisotopic (exact) mass is 459 g/mol. The number of aryl methyl sites for hydroxylation is 1. The summed E-state index contributed by atoms with van der Waals surface area (Å²) in [7, 11) is -4.27. The van der Waals surface area contributed by atoms with E-state index in [2.05, 4.69) is 11.6 Å². The predicted octanol–water partition coefficient (Wildman–Crippen LogP) is 4.06. The van der Waals surface area contributed by atoms with Crippen LogP contribution in [-0.2, 0) is 16.4 Å². The van der Waals surface area contributed by atoms with Gasteiger partial charge in [-0.05, 0) is 43.4 Å². The molecule has 1 saturated carbocycles. The van der Waals surface area contributed by atoms with E-state index in [9.17, 15) is 13.2 Å². The number of allylic oxidation sites excluding steroid dienone is 1. The summed E-state index contributed by atoms with van der Waals surface area (Å²) < 4.78 is 63.0. The van der Waals surface area contributed by atoms with Gasteiger partial charge in [-0.25, -0.2) is 27.0 Å². The lowest BCUT2D eigenvalue weighted by Crippen LogP contribution is -2.37. The molecular weight excluding hydrogens is 440 g/mol. The Morgan fingerprint density at radius 2 is 2.03 bits per heavy atom. The van der Waals surface area contributed by atoms with Crippen molar-refractivity contribution in [2.24, 2.45) is 0 Å². The Morgan fingerprint density at radius 1 is 1.28 bits per heavy atom. The molecule has 0 unspecified atom stereocenters. The largest absolute Gasteiger partial charge is 0.443 e. The standard InChI is InChI=1S/C22H19F2N3O4S/c1-3-7-22(8-9-22)32(29,30)27-16-11-17-19(25-12-31-17)18(24)20(16)26(21(27)28)15-6-5-13(4-2)10-14(15)23/h3,5-6,10-12H,1,4,7-9H2,2H3. The second kappa shape index (κ2) is 6.86. The van der Waals surface area contributed by atoms with Crippen molar-refractivity contribution in [3.8, 4) is 5.69 Å². The van der Waals surface area contributed by atoms with Gasteiger partial charge in [0.05, 0.1) is 16.0 Å². The Kier molecular flexibility index (Phi) is 4.42. The van der Waals surface area contributed by atoms with E-state index in [1.807, 2.05) is 6.92 Å². The van der Waals surface area contributed by atoms with E-state index in [0.29, 0.717) is 28.8 Å². The minimum atomic E-state index is -4.27. The predicted molar refractivity (Wildman–Crippen MR) is 115 cm³/mol. The van der Waals surface area contributed by atoms with Crippen molar-refractivity contribution in [2.75, 3.05) is 0 Å². The average Bonchev–Trinajstić information content (AvgIpc) is 3.29. The molecule has 1 fully saturated rings. The zero-order valence-electron chi connectivity index (χ0n) is 17.1. The number of hydrogen-bond donors (Lipinski definition) is 0. The normalized spacial score (nSPS) is 15.5. The number of hydrogen-bond acceptors (Lipinski definition) is 5. The third kappa shape index (κ3) is 2.65. The first-order chi connectivity index (χ1) is 15.3. The Morgan fingerprint density at radius 3 is 2.66 bits per heavy atom. The van der Waals surface area contributed by atoms with Gasteiger partial charge in [0.1, 0.15) is 16.9 Å². The maximum Gasteiger partial charge on any atom is 0.347 e. The zero-order chi connectivity index (χ0) is 22.8. The molecule has 10 heteroatoms. The first-order valence-electron chi connectivity index (χ1n) is 10.1. The van der Waals surface area contributed by atoms with E-state index in [4.69, 9.17) is 4.42 Å². The molecule has 2 aromatic heterocycles. The molecular formula is C22H19F2N3O4S. The molecule has 1 aliphatic rings. The summed E-state index contributed by atoms with van der Waals surface area (Å²) >= 11 is 0. The molecule has 0 aliphatic heterocycles. The van der Waals surface area contributed by atoms with Crippen LogP contribution in [0, 0.1) is 11.6 Å². The minimum Gasteiger partial charge on any atom is -0.443 e. The number of nitrogens with zero attached hydrogens (tertiary/aromatic N) is 3. The summed E-state index contributed by atoms with van der Waals surface area (Å²) in [5.41, 5.74) is -1.46. The highest BCUT2D eigenvalue weighted by Gasteiger charge is 2.55. The second-order valence-electron chi connectivity index (χ2n) is 7.96. The van der Waals surface area contributed by atoms with Gasteiger partial charge >= 0.3 is 5.69 Å². The number of fused-ring (bicyclic) bond motifs is 2. The number of rotatable bonds is 6. The molecule has 32 heavy (non-hydrogen) atoms. The fourth-order valence-electron chi connectivity index (χ4n) is 4.17. The van der Waals surface area contributed by atoms with Crippen LogP contribution in [0.4, 0.5) is 8.78 Å². The number of aromatic nitrogens is 3. The summed E-state index contributed by atoms with van der Waals surface area (Å²) in [5.74, 6) is -1.74. The first-order valence-corrected chi connectivity index (χ1v) is 11.5. The van der Waals surface area contributed by atoms with Crippen molar-refractivity contribution >= 4 is 32.2 Å². The van der Waals surface area contributed by atoms with Crippen LogP contribution in [0.2, 0.25) is 0 Å². The van der Waals surface area contributed by atoms with Gasteiger partial charge < -0.3 is 4.42 Å². The van der Waals surface area contributed by atoms with Crippen LogP contribution in [0.1, 0.15) is 31.7 Å². The SMILES string of the molecule is C=CCC1(S(=O)(=O)n2c(=O)n(-c3ccc(CC)cc3F)c3c(F)c4ncoc4cc32)CC1. The fourth-order valence-corrected chi connectivity index (χ4v) is 6.19. The van der Waals surface area contributed by atoms with E-state index in [0.717, 1.165) is 11.0 Å². The molecule has 0 spiro atoms. The van der Waals surface area contributed by atoms with Crippen LogP contribution >= 0.6 is 0 Å². The first kappa shape index (κ1) is 20.6. The lowest BCUT2D eigenvalue weighted by atomic mass is 10.1. The zero-order valence-corrected chi connectivity index (χ0v) is 18.0. The highest BCUT2D eigenvalue weighted by Crippen LogP contribution is 2.48. The Labute approximate surface area is 181 Å². The van der Waals surface area contributed by atoms with Crippen LogP contribution in [0.15, 0.2) is 52.5 Å². The van der Waals surface area contributed by atoms with Crippen LogP contribution in [0.25, 0.3) is 27.8 Å². The maximum atomic E-state index is 15.5. The van der Waals surface area contributed by atoms with Crippen molar-refractivity contribution in [3.63, 3.8) is 0 Å². The lowest BCUT2D eigenvalue weighted by molar-refractivity contribution is 0.565. The van der Waals surface area contributed by atoms with E-state index >= 15 is 8.78 Å². The Hall–Kier alpha value is -3.27. The Bertz CT molecular complexity index is 1580. The summed E-state index contributed by atoms with van der Waals surface area (Å²) in [6.07, 6.45) is 3.87. The van der Waals surface area contributed by atoms with Crippen molar-refractivity contribution in [1.29, 1.82) is 0 Å². The molecule has 0 atom stereocenters. The van der Waals surface area contributed by atoms with E-state index in [-0.39, 0.29) is 34.2 Å². The van der Waals surface area contributed by atoms with Crippen LogP contribution < -0.4 is 5.69 Å². The van der Waals surface area contributed by atoms with Gasteiger partial charge in [-0.1, -0.05) is 19.1 Å². The van der Waals surface area contributed by atoms with Gasteiger partial charge in [-0.15, -0.1) is 6.58 Å². The quantitative estimate of drug-likeness (QED) is 0.406. The molecule has 4 aromatic rings. The molecule has 0 bridgehead atoms. The van der Waals surface area contributed by atoms with E-state index in [1.165, 1.54) is 24.3 Å². The summed E-state index contributed by atoms with van der Waals surface area (Å²) in [4.78, 5) is 17.3. The lowest BCUT2D eigenvalue weighted by Gasteiger charge is -2.15. The average molecular weight is 459 g/mol. The van der Waals surface area contributed by atoms with Gasteiger partial charge in [0, 0.05) is 6.07 Å². The Balaban J connectivity index is 1.93. The van der Waals surface area contributed by atoms with Crippen LogP contribution in [0.5, 0.6) is 0 Å². The van der Waals surface area contributed by atoms with Crippen molar-refractivity contribution in [3.05, 3.63) is 71.0 Å². The third-order valence-electron chi connectivity index (χ3n) is 6.10. The van der Waals surface area contributed by atoms with E-state index in [1.54, 1.807) is 6.07 Å². The number of halogens is 2. The molecule has 2 aromatic carbocycles. The molecule has 5 rings (SSSR count). The van der Waals surface area contributed by atoms with Gasteiger partial charge in [0.25, 0.3) is 0 Å². The van der Waals surface area contributed by atoms with Gasteiger partial charge in [0.2, 0.25) is 10.0 Å². The number of benzene rings is 2. The summed E-state index contributed by atoms with van der Waals surface area (Å²) in [5, 5.41) is 0. The number of imidazole rings is 1. The molecule has 0 radical (unpaired) electrons. The molecule has 166 valence electrons. The van der Waals surface area contributed by atoms with E-state index < -0.39 is 32.1 Å². The summed E-state index contributed by atoms with van der Waals surface area (Å²) in [6.45, 7) is 5.46. The highest BCUT2D eigenvalue weighted by molar-refractivity contribution is 7.91. The van der Waals surface area contributed by atoms with Gasteiger partial charge in [-0.3, -0.25) is 4.57 Å². The van der Waals surface area contributed by atoms with Crippen LogP contribution in [0.3, 0.4) is 0 Å². The molecule has 2 heterocycles. The fraction of sp³-hybridized carbons (Fsp3) is 0.273. The van der Waals surface area contributed by atoms with Crippen molar-refractivity contribution < 1.29 is 21.6 Å². The molecule has 1 aliphatic carbocycles. The molecule has 0 saturated heterocycles. The third-order valence-corrected chi connectivity index (χ3v) is 8.60. The molecule has 0 amide bonds. The maximum absolute atomic E-state index is 15.5. The smallest absolute Gasteiger partial charge is 0.347 e. The van der Waals surface area contributed by atoms with Crippen molar-refractivity contribution in [2.45, 2.75) is 37.4 Å². The van der Waals surface area contributed by atoms with Gasteiger partial charge in [-0.2, -0.15) is 3.97 Å². The minimum absolute atomic E-state index is 0.0218. The molecule has 7 nitrogen and oxygen atoms in total. The topological polar surface area (TPSA) is 87.1 Å². The highest BCUT2D eigenvalue weighted by atomic mass is 32.2. The molecule has 0 N–H and O–H groups in total.